The van der Waals surface area contributed by atoms with Gasteiger partial charge in [-0.05, 0) is 31.4 Å². The molecule has 0 aliphatic heterocycles. The Hall–Kier alpha value is -2.04. The second-order valence-electron chi connectivity index (χ2n) is 5.99. The van der Waals surface area contributed by atoms with Crippen LogP contribution in [-0.2, 0) is 4.79 Å². The predicted molar refractivity (Wildman–Crippen MR) is 96.1 cm³/mol. The first-order valence-electron chi connectivity index (χ1n) is 8.98. The van der Waals surface area contributed by atoms with Crippen molar-refractivity contribution in [2.45, 2.75) is 58.3 Å². The summed E-state index contributed by atoms with van der Waals surface area (Å²) in [5, 5.41) is 15.4. The van der Waals surface area contributed by atoms with Crippen molar-refractivity contribution in [1.82, 2.24) is 10.6 Å². The van der Waals surface area contributed by atoms with E-state index < -0.39 is 0 Å². The molecule has 0 aliphatic rings. The number of hydrogen-bond donors (Lipinski definition) is 3. The lowest BCUT2D eigenvalue weighted by atomic mass is 10.1. The van der Waals surface area contributed by atoms with Crippen molar-refractivity contribution in [2.75, 3.05) is 13.1 Å². The molecule has 0 aliphatic carbocycles. The van der Waals surface area contributed by atoms with E-state index in [0.717, 1.165) is 51.5 Å². The fourth-order valence-corrected chi connectivity index (χ4v) is 2.46. The Morgan fingerprint density at radius 3 is 2.12 bits per heavy atom. The highest BCUT2D eigenvalue weighted by Gasteiger charge is 2.08. The molecule has 0 aromatic heterocycles. The third-order valence-corrected chi connectivity index (χ3v) is 3.84. The van der Waals surface area contributed by atoms with Crippen molar-refractivity contribution >= 4 is 11.8 Å². The number of carbonyl (C=O) groups is 2. The van der Waals surface area contributed by atoms with Gasteiger partial charge in [-0.2, -0.15) is 0 Å². The van der Waals surface area contributed by atoms with Crippen molar-refractivity contribution in [3.63, 3.8) is 0 Å². The van der Waals surface area contributed by atoms with Crippen LogP contribution in [0.5, 0.6) is 5.75 Å². The van der Waals surface area contributed by atoms with Crippen LogP contribution in [0.4, 0.5) is 0 Å². The lowest BCUT2D eigenvalue weighted by molar-refractivity contribution is -0.121. The van der Waals surface area contributed by atoms with Gasteiger partial charge in [0.25, 0.3) is 5.91 Å². The SMILES string of the molecule is CCCC(=O)NCCCCCCCCNC(=O)c1ccccc1O. The number of rotatable bonds is 12. The predicted octanol–water partition coefficient (Wildman–Crippen LogP) is 3.38. The molecule has 0 fully saturated rings. The molecular formula is C19H30N2O3. The maximum Gasteiger partial charge on any atom is 0.255 e. The van der Waals surface area contributed by atoms with Crippen molar-refractivity contribution in [3.05, 3.63) is 29.8 Å². The number of aromatic hydroxyl groups is 1. The minimum absolute atomic E-state index is 0.0148. The van der Waals surface area contributed by atoms with Gasteiger partial charge in [-0.1, -0.05) is 44.7 Å². The average Bonchev–Trinajstić information content (AvgIpc) is 2.57. The van der Waals surface area contributed by atoms with Gasteiger partial charge in [0.2, 0.25) is 5.91 Å². The molecule has 1 rings (SSSR count). The minimum atomic E-state index is -0.226. The lowest BCUT2D eigenvalue weighted by Crippen LogP contribution is -2.24. The van der Waals surface area contributed by atoms with Gasteiger partial charge >= 0.3 is 0 Å². The first kappa shape index (κ1) is 20.0. The van der Waals surface area contributed by atoms with Crippen LogP contribution in [-0.4, -0.2) is 30.0 Å². The third-order valence-electron chi connectivity index (χ3n) is 3.84. The van der Waals surface area contributed by atoms with Crippen molar-refractivity contribution < 1.29 is 14.7 Å². The number of nitrogens with one attached hydrogen (secondary N) is 2. The topological polar surface area (TPSA) is 78.4 Å². The number of phenolic OH excluding ortho intramolecular Hbond substituents is 1. The number of phenols is 1. The number of unbranched alkanes of at least 4 members (excludes halogenated alkanes) is 5. The number of carbonyl (C=O) groups excluding carboxylic acids is 2. The Morgan fingerprint density at radius 1 is 0.917 bits per heavy atom. The molecule has 134 valence electrons. The molecular weight excluding hydrogens is 304 g/mol. The summed E-state index contributed by atoms with van der Waals surface area (Å²) in [7, 11) is 0. The molecule has 5 nitrogen and oxygen atoms in total. The van der Waals surface area contributed by atoms with Crippen molar-refractivity contribution in [2.24, 2.45) is 0 Å². The highest BCUT2D eigenvalue weighted by molar-refractivity contribution is 5.96. The second kappa shape index (κ2) is 12.4. The summed E-state index contributed by atoms with van der Waals surface area (Å²) < 4.78 is 0. The molecule has 0 saturated carbocycles. The third kappa shape index (κ3) is 8.56. The Kier molecular flexibility index (Phi) is 10.3. The Bertz CT molecular complexity index is 503. The van der Waals surface area contributed by atoms with Gasteiger partial charge in [0.1, 0.15) is 5.75 Å². The van der Waals surface area contributed by atoms with Gasteiger partial charge in [0.15, 0.2) is 0 Å². The molecule has 1 aromatic rings. The summed E-state index contributed by atoms with van der Waals surface area (Å²) in [6, 6.07) is 6.56. The molecule has 0 radical (unpaired) electrons. The van der Waals surface area contributed by atoms with Gasteiger partial charge in [-0.15, -0.1) is 0 Å². The van der Waals surface area contributed by atoms with E-state index in [0.29, 0.717) is 18.5 Å². The molecule has 0 bridgehead atoms. The first-order chi connectivity index (χ1) is 11.6. The molecule has 5 heteroatoms. The summed E-state index contributed by atoms with van der Waals surface area (Å²) in [5.74, 6) is -0.0605. The Balaban J connectivity index is 1.95. The number of benzene rings is 1. The van der Waals surface area contributed by atoms with Crippen LogP contribution in [0, 0.1) is 0 Å². The summed E-state index contributed by atoms with van der Waals surface area (Å²) in [5.41, 5.74) is 0.322. The quantitative estimate of drug-likeness (QED) is 0.513. The van der Waals surface area contributed by atoms with E-state index in [1.54, 1.807) is 18.2 Å². The first-order valence-corrected chi connectivity index (χ1v) is 8.98. The maximum atomic E-state index is 11.9. The van der Waals surface area contributed by atoms with E-state index in [9.17, 15) is 14.7 Å². The second-order valence-corrected chi connectivity index (χ2v) is 5.99. The standard InChI is InChI=1S/C19H30N2O3/c1-2-11-18(23)20-14-9-5-3-4-6-10-15-21-19(24)16-12-7-8-13-17(16)22/h7-8,12-13,22H,2-6,9-11,14-15H2,1H3,(H,20,23)(H,21,24). The molecule has 0 atom stereocenters. The van der Waals surface area contributed by atoms with Gasteiger partial charge in [0, 0.05) is 19.5 Å². The summed E-state index contributed by atoms with van der Waals surface area (Å²) in [4.78, 5) is 23.1. The van der Waals surface area contributed by atoms with Gasteiger partial charge in [-0.25, -0.2) is 0 Å². The summed E-state index contributed by atoms with van der Waals surface area (Å²) in [6.07, 6.45) is 7.96. The molecule has 0 unspecified atom stereocenters. The number of amides is 2. The molecule has 0 spiro atoms. The number of hydrogen-bond acceptors (Lipinski definition) is 3. The summed E-state index contributed by atoms with van der Waals surface area (Å²) in [6.45, 7) is 3.40. The van der Waals surface area contributed by atoms with E-state index >= 15 is 0 Å². The normalized spacial score (nSPS) is 10.4. The number of para-hydroxylation sites is 1. The van der Waals surface area contributed by atoms with Crippen LogP contribution in [0.3, 0.4) is 0 Å². The highest BCUT2D eigenvalue weighted by atomic mass is 16.3. The highest BCUT2D eigenvalue weighted by Crippen LogP contribution is 2.15. The maximum absolute atomic E-state index is 11.9. The van der Waals surface area contributed by atoms with E-state index in [-0.39, 0.29) is 17.6 Å². The van der Waals surface area contributed by atoms with Crippen LogP contribution in [0.1, 0.15) is 68.6 Å². The van der Waals surface area contributed by atoms with E-state index in [2.05, 4.69) is 10.6 Å². The van der Waals surface area contributed by atoms with E-state index in [4.69, 9.17) is 0 Å². The van der Waals surface area contributed by atoms with E-state index in [1.165, 1.54) is 6.07 Å². The molecule has 2 amide bonds. The molecule has 3 N–H and O–H groups in total. The van der Waals surface area contributed by atoms with Gasteiger partial charge in [0.05, 0.1) is 5.56 Å². The van der Waals surface area contributed by atoms with E-state index in [1.807, 2.05) is 6.92 Å². The molecule has 1 aromatic carbocycles. The zero-order valence-electron chi connectivity index (χ0n) is 14.6. The molecule has 0 saturated heterocycles. The van der Waals surface area contributed by atoms with Crippen LogP contribution in [0.15, 0.2) is 24.3 Å². The fraction of sp³-hybridized carbons (Fsp3) is 0.579. The monoisotopic (exact) mass is 334 g/mol. The smallest absolute Gasteiger partial charge is 0.255 e. The van der Waals surface area contributed by atoms with Crippen molar-refractivity contribution in [1.29, 1.82) is 0 Å². The summed E-state index contributed by atoms with van der Waals surface area (Å²) >= 11 is 0. The van der Waals surface area contributed by atoms with Gasteiger partial charge < -0.3 is 15.7 Å². The zero-order valence-corrected chi connectivity index (χ0v) is 14.6. The minimum Gasteiger partial charge on any atom is -0.507 e. The lowest BCUT2D eigenvalue weighted by Gasteiger charge is -2.07. The van der Waals surface area contributed by atoms with Crippen LogP contribution >= 0.6 is 0 Å². The van der Waals surface area contributed by atoms with Crippen LogP contribution in [0.2, 0.25) is 0 Å². The zero-order chi connectivity index (χ0) is 17.6. The Morgan fingerprint density at radius 2 is 1.50 bits per heavy atom. The van der Waals surface area contributed by atoms with Crippen LogP contribution < -0.4 is 10.6 Å². The Labute approximate surface area is 144 Å². The molecule has 24 heavy (non-hydrogen) atoms. The average molecular weight is 334 g/mol. The fourth-order valence-electron chi connectivity index (χ4n) is 2.46. The van der Waals surface area contributed by atoms with Gasteiger partial charge in [-0.3, -0.25) is 9.59 Å². The largest absolute Gasteiger partial charge is 0.507 e. The molecule has 0 heterocycles. The van der Waals surface area contributed by atoms with Crippen molar-refractivity contribution in [3.8, 4) is 5.75 Å². The van der Waals surface area contributed by atoms with Crippen LogP contribution in [0.25, 0.3) is 0 Å².